The molecule has 2 N–H and O–H groups in total. The minimum atomic E-state index is -4.37. The fourth-order valence-corrected chi connectivity index (χ4v) is 1.60. The van der Waals surface area contributed by atoms with Gasteiger partial charge in [0.05, 0.1) is 5.56 Å². The molecule has 7 heteroatoms. The number of hydrogen-bond acceptors (Lipinski definition) is 2. The van der Waals surface area contributed by atoms with E-state index < -0.39 is 17.8 Å². The van der Waals surface area contributed by atoms with E-state index in [0.717, 1.165) is 12.1 Å². The van der Waals surface area contributed by atoms with Crippen LogP contribution in [0.5, 0.6) is 0 Å². The predicted octanol–water partition coefficient (Wildman–Crippen LogP) is 3.86. The second-order valence-corrected chi connectivity index (χ2v) is 3.94. The van der Waals surface area contributed by atoms with Crippen LogP contribution in [0.3, 0.4) is 0 Å². The first-order chi connectivity index (χ1) is 9.36. The Morgan fingerprint density at radius 2 is 1.65 bits per heavy atom. The van der Waals surface area contributed by atoms with Gasteiger partial charge in [-0.05, 0) is 29.8 Å². The molecule has 0 radical (unpaired) electrons. The first kappa shape index (κ1) is 13.9. The lowest BCUT2D eigenvalue weighted by Gasteiger charge is -2.08. The van der Waals surface area contributed by atoms with Gasteiger partial charge in [-0.3, -0.25) is 5.32 Å². The Morgan fingerprint density at radius 1 is 1.05 bits per heavy atom. The van der Waals surface area contributed by atoms with Crippen LogP contribution in [0, 0.1) is 0 Å². The topological polar surface area (TPSA) is 62.2 Å². The quantitative estimate of drug-likeness (QED) is 0.879. The molecule has 1 amide bonds. The molecule has 2 aromatic rings. The van der Waals surface area contributed by atoms with E-state index in [1.807, 2.05) is 0 Å². The third-order valence-corrected chi connectivity index (χ3v) is 2.54. The number of carbonyl (C=O) groups is 1. The molecule has 0 aliphatic heterocycles. The van der Waals surface area contributed by atoms with Gasteiger partial charge in [-0.2, -0.15) is 13.2 Å². The maximum Gasteiger partial charge on any atom is 0.416 e. The van der Waals surface area contributed by atoms with Crippen molar-refractivity contribution in [1.29, 1.82) is 0 Å². The molecule has 20 heavy (non-hydrogen) atoms. The number of carboxylic acid groups (broad SMARTS) is 1. The summed E-state index contributed by atoms with van der Waals surface area (Å²) in [5, 5.41) is 10.6. The molecular weight excluding hydrogens is 273 g/mol. The van der Waals surface area contributed by atoms with Gasteiger partial charge in [0.2, 0.25) is 0 Å². The molecule has 104 valence electrons. The normalized spacial score (nSPS) is 11.2. The van der Waals surface area contributed by atoms with Crippen molar-refractivity contribution in [3.05, 3.63) is 48.2 Å². The van der Waals surface area contributed by atoms with Crippen molar-refractivity contribution < 1.29 is 23.1 Å². The summed E-state index contributed by atoms with van der Waals surface area (Å²) >= 11 is 0. The van der Waals surface area contributed by atoms with Gasteiger partial charge in [-0.25, -0.2) is 9.78 Å². The molecule has 2 rings (SSSR count). The van der Waals surface area contributed by atoms with Crippen molar-refractivity contribution >= 4 is 11.9 Å². The standard InChI is InChI=1S/C13H9F3N2O2/c14-13(15,16)10-4-1-8(2-5-10)9-3-6-11(17-7-9)18-12(19)20/h1-7H,(H,17,18)(H,19,20). The Bertz CT molecular complexity index is 607. The summed E-state index contributed by atoms with van der Waals surface area (Å²) in [4.78, 5) is 14.2. The van der Waals surface area contributed by atoms with Crippen LogP contribution >= 0.6 is 0 Å². The van der Waals surface area contributed by atoms with Crippen molar-refractivity contribution in [2.45, 2.75) is 6.18 Å². The monoisotopic (exact) mass is 282 g/mol. The molecule has 1 heterocycles. The summed E-state index contributed by atoms with van der Waals surface area (Å²) in [6, 6.07) is 7.65. The molecule has 0 spiro atoms. The van der Waals surface area contributed by atoms with Crippen molar-refractivity contribution in [2.75, 3.05) is 5.32 Å². The first-order valence-corrected chi connectivity index (χ1v) is 5.50. The molecule has 0 atom stereocenters. The van der Waals surface area contributed by atoms with Crippen LogP contribution in [0.15, 0.2) is 42.6 Å². The second-order valence-electron chi connectivity index (χ2n) is 3.94. The van der Waals surface area contributed by atoms with Crippen LogP contribution in [0.2, 0.25) is 0 Å². The van der Waals surface area contributed by atoms with E-state index in [9.17, 15) is 18.0 Å². The zero-order chi connectivity index (χ0) is 14.8. The fraction of sp³-hybridized carbons (Fsp3) is 0.0769. The van der Waals surface area contributed by atoms with Crippen LogP contribution in [0.4, 0.5) is 23.8 Å². The summed E-state index contributed by atoms with van der Waals surface area (Å²) in [6.45, 7) is 0. The van der Waals surface area contributed by atoms with Crippen molar-refractivity contribution in [1.82, 2.24) is 4.98 Å². The first-order valence-electron chi connectivity index (χ1n) is 5.50. The average Bonchev–Trinajstić information content (AvgIpc) is 2.38. The van der Waals surface area contributed by atoms with Crippen LogP contribution < -0.4 is 5.32 Å². The van der Waals surface area contributed by atoms with Gasteiger partial charge in [0.25, 0.3) is 0 Å². The zero-order valence-electron chi connectivity index (χ0n) is 9.98. The van der Waals surface area contributed by atoms with Gasteiger partial charge >= 0.3 is 12.3 Å². The number of benzene rings is 1. The minimum Gasteiger partial charge on any atom is -0.465 e. The molecule has 0 fully saturated rings. The minimum absolute atomic E-state index is 0.146. The van der Waals surface area contributed by atoms with Crippen LogP contribution in [0.1, 0.15) is 5.56 Å². The lowest BCUT2D eigenvalue weighted by molar-refractivity contribution is -0.137. The smallest absolute Gasteiger partial charge is 0.416 e. The lowest BCUT2D eigenvalue weighted by Crippen LogP contribution is -2.08. The van der Waals surface area contributed by atoms with Crippen LogP contribution in [-0.4, -0.2) is 16.2 Å². The number of hydrogen-bond donors (Lipinski definition) is 2. The number of alkyl halides is 3. The largest absolute Gasteiger partial charge is 0.465 e. The Morgan fingerprint density at radius 3 is 2.10 bits per heavy atom. The van der Waals surface area contributed by atoms with E-state index in [0.29, 0.717) is 11.1 Å². The molecule has 0 unspecified atom stereocenters. The van der Waals surface area contributed by atoms with E-state index >= 15 is 0 Å². The number of pyridine rings is 1. The highest BCUT2D eigenvalue weighted by molar-refractivity contribution is 5.81. The number of halogens is 3. The summed E-state index contributed by atoms with van der Waals surface area (Å²) < 4.78 is 37.3. The lowest BCUT2D eigenvalue weighted by atomic mass is 10.1. The number of anilines is 1. The highest BCUT2D eigenvalue weighted by atomic mass is 19.4. The molecule has 0 bridgehead atoms. The predicted molar refractivity (Wildman–Crippen MR) is 66.3 cm³/mol. The van der Waals surface area contributed by atoms with Crippen molar-refractivity contribution in [3.8, 4) is 11.1 Å². The molecule has 0 aliphatic carbocycles. The summed E-state index contributed by atoms with van der Waals surface area (Å²) in [6.07, 6.45) is -4.22. The molecule has 1 aromatic carbocycles. The number of nitrogens with zero attached hydrogens (tertiary/aromatic N) is 1. The average molecular weight is 282 g/mol. The van der Waals surface area contributed by atoms with Crippen molar-refractivity contribution in [2.24, 2.45) is 0 Å². The van der Waals surface area contributed by atoms with Crippen LogP contribution in [0.25, 0.3) is 11.1 Å². The number of nitrogens with one attached hydrogen (secondary N) is 1. The molecule has 4 nitrogen and oxygen atoms in total. The van der Waals surface area contributed by atoms with Gasteiger partial charge in [-0.1, -0.05) is 12.1 Å². The number of aromatic nitrogens is 1. The highest BCUT2D eigenvalue weighted by Crippen LogP contribution is 2.30. The van der Waals surface area contributed by atoms with E-state index in [2.05, 4.69) is 10.3 Å². The van der Waals surface area contributed by atoms with Gasteiger partial charge in [0.1, 0.15) is 5.82 Å². The second kappa shape index (κ2) is 5.20. The third-order valence-electron chi connectivity index (χ3n) is 2.54. The molecule has 0 aliphatic rings. The van der Waals surface area contributed by atoms with E-state index in [-0.39, 0.29) is 5.82 Å². The Hall–Kier alpha value is -2.57. The maximum atomic E-state index is 12.4. The van der Waals surface area contributed by atoms with Gasteiger partial charge in [-0.15, -0.1) is 0 Å². The Balaban J connectivity index is 2.21. The molecule has 0 saturated heterocycles. The SMILES string of the molecule is O=C(O)Nc1ccc(-c2ccc(C(F)(F)F)cc2)cn1. The highest BCUT2D eigenvalue weighted by Gasteiger charge is 2.29. The fourth-order valence-electron chi connectivity index (χ4n) is 1.60. The van der Waals surface area contributed by atoms with Gasteiger partial charge < -0.3 is 5.11 Å². The Labute approximate surface area is 111 Å². The van der Waals surface area contributed by atoms with Crippen LogP contribution in [-0.2, 0) is 6.18 Å². The van der Waals surface area contributed by atoms with E-state index in [1.54, 1.807) is 6.07 Å². The molecular formula is C13H9F3N2O2. The Kier molecular flexibility index (Phi) is 3.60. The molecule has 0 saturated carbocycles. The zero-order valence-corrected chi connectivity index (χ0v) is 9.98. The van der Waals surface area contributed by atoms with Crippen molar-refractivity contribution in [3.63, 3.8) is 0 Å². The maximum absolute atomic E-state index is 12.4. The summed E-state index contributed by atoms with van der Waals surface area (Å²) in [5.41, 5.74) is 0.431. The van der Waals surface area contributed by atoms with Gasteiger partial charge in [0, 0.05) is 11.8 Å². The number of amides is 1. The van der Waals surface area contributed by atoms with E-state index in [4.69, 9.17) is 5.11 Å². The number of rotatable bonds is 2. The summed E-state index contributed by atoms with van der Waals surface area (Å²) in [5.74, 6) is 0.146. The summed E-state index contributed by atoms with van der Waals surface area (Å²) in [7, 11) is 0. The molecule has 1 aromatic heterocycles. The third kappa shape index (κ3) is 3.25. The van der Waals surface area contributed by atoms with Gasteiger partial charge in [0.15, 0.2) is 0 Å². The van der Waals surface area contributed by atoms with E-state index in [1.165, 1.54) is 24.4 Å².